The summed E-state index contributed by atoms with van der Waals surface area (Å²) in [4.78, 5) is 0. The summed E-state index contributed by atoms with van der Waals surface area (Å²) in [5, 5.41) is 22.9. The van der Waals surface area contributed by atoms with Crippen LogP contribution in [0.25, 0.3) is 10.8 Å². The molecule has 2 heteroatoms. The van der Waals surface area contributed by atoms with Crippen molar-refractivity contribution in [3.63, 3.8) is 0 Å². The van der Waals surface area contributed by atoms with Crippen molar-refractivity contribution in [2.24, 2.45) is 0 Å². The second-order valence-electron chi connectivity index (χ2n) is 4.87. The van der Waals surface area contributed by atoms with Crippen molar-refractivity contribution >= 4 is 10.8 Å². The summed E-state index contributed by atoms with van der Waals surface area (Å²) >= 11 is 0. The van der Waals surface area contributed by atoms with Crippen molar-refractivity contribution in [2.45, 2.75) is 12.2 Å². The zero-order valence-corrected chi connectivity index (χ0v) is 11.0. The van der Waals surface area contributed by atoms with Gasteiger partial charge in [-0.05, 0) is 21.9 Å². The van der Waals surface area contributed by atoms with Crippen LogP contribution >= 0.6 is 0 Å². The first kappa shape index (κ1) is 12.9. The molecule has 0 heterocycles. The molecule has 0 aromatic heterocycles. The van der Waals surface area contributed by atoms with E-state index in [0.717, 1.165) is 16.3 Å². The molecule has 0 spiro atoms. The van der Waals surface area contributed by atoms with Crippen molar-refractivity contribution in [3.05, 3.63) is 83.9 Å². The van der Waals surface area contributed by atoms with Crippen molar-refractivity contribution in [3.8, 4) is 0 Å². The molecule has 3 aromatic carbocycles. The highest BCUT2D eigenvalue weighted by Gasteiger charge is 2.21. The molecule has 0 radical (unpaired) electrons. The molecule has 2 N–H and O–H groups in total. The first-order valence-electron chi connectivity index (χ1n) is 6.66. The average Bonchev–Trinajstić information content (AvgIpc) is 2.54. The van der Waals surface area contributed by atoms with Crippen molar-refractivity contribution in [1.29, 1.82) is 0 Å². The van der Waals surface area contributed by atoms with E-state index in [9.17, 15) is 10.2 Å². The second-order valence-corrected chi connectivity index (χ2v) is 4.87. The molecule has 3 rings (SSSR count). The minimum Gasteiger partial charge on any atom is -0.385 e. The third-order valence-corrected chi connectivity index (χ3v) is 3.58. The van der Waals surface area contributed by atoms with Gasteiger partial charge in [0.1, 0.15) is 12.2 Å². The lowest BCUT2D eigenvalue weighted by molar-refractivity contribution is 0.0181. The molecule has 0 aliphatic carbocycles. The predicted molar refractivity (Wildman–Crippen MR) is 80.3 cm³/mol. The maximum Gasteiger partial charge on any atom is 0.110 e. The van der Waals surface area contributed by atoms with Crippen LogP contribution in [0.3, 0.4) is 0 Å². The van der Waals surface area contributed by atoms with Crippen LogP contribution in [0.15, 0.2) is 72.8 Å². The standard InChI is InChI=1S/C18H16O2/c19-17(14-8-2-1-3-9-14)18(20)16-12-6-10-13-7-4-5-11-15(13)16/h1-12,17-20H/t17-,18-/m0/s1. The molecule has 0 bridgehead atoms. The maximum atomic E-state index is 10.5. The van der Waals surface area contributed by atoms with E-state index >= 15 is 0 Å². The van der Waals surface area contributed by atoms with Gasteiger partial charge in [-0.25, -0.2) is 0 Å². The Balaban J connectivity index is 2.03. The molecule has 100 valence electrons. The third-order valence-electron chi connectivity index (χ3n) is 3.58. The van der Waals surface area contributed by atoms with E-state index in [1.165, 1.54) is 0 Å². The van der Waals surface area contributed by atoms with Gasteiger partial charge in [0.25, 0.3) is 0 Å². The summed E-state index contributed by atoms with van der Waals surface area (Å²) in [6.07, 6.45) is -1.87. The Hall–Kier alpha value is -2.16. The summed E-state index contributed by atoms with van der Waals surface area (Å²) in [6, 6.07) is 22.9. The smallest absolute Gasteiger partial charge is 0.110 e. The fourth-order valence-electron chi connectivity index (χ4n) is 2.51. The van der Waals surface area contributed by atoms with Crippen LogP contribution in [0.4, 0.5) is 0 Å². The highest BCUT2D eigenvalue weighted by molar-refractivity contribution is 5.86. The summed E-state index contributed by atoms with van der Waals surface area (Å²) < 4.78 is 0. The van der Waals surface area contributed by atoms with Gasteiger partial charge in [-0.2, -0.15) is 0 Å². The lowest BCUT2D eigenvalue weighted by atomic mass is 9.94. The van der Waals surface area contributed by atoms with Crippen molar-refractivity contribution in [1.82, 2.24) is 0 Å². The lowest BCUT2D eigenvalue weighted by Crippen LogP contribution is -2.10. The average molecular weight is 264 g/mol. The van der Waals surface area contributed by atoms with Gasteiger partial charge in [-0.3, -0.25) is 0 Å². The molecule has 0 amide bonds. The highest BCUT2D eigenvalue weighted by Crippen LogP contribution is 2.32. The van der Waals surface area contributed by atoms with Crippen molar-refractivity contribution in [2.75, 3.05) is 0 Å². The Morgan fingerprint density at radius 2 is 1.25 bits per heavy atom. The van der Waals surface area contributed by atoms with Crippen LogP contribution in [0.2, 0.25) is 0 Å². The van der Waals surface area contributed by atoms with E-state index in [4.69, 9.17) is 0 Å². The Morgan fingerprint density at radius 1 is 0.600 bits per heavy atom. The first-order chi connectivity index (χ1) is 9.77. The van der Waals surface area contributed by atoms with Crippen LogP contribution in [0.1, 0.15) is 23.3 Å². The number of hydrogen-bond donors (Lipinski definition) is 2. The molecule has 20 heavy (non-hydrogen) atoms. The van der Waals surface area contributed by atoms with Gasteiger partial charge in [0.2, 0.25) is 0 Å². The third kappa shape index (κ3) is 2.31. The molecule has 0 aliphatic heterocycles. The van der Waals surface area contributed by atoms with E-state index in [1.807, 2.05) is 72.8 Å². The Labute approximate surface area is 117 Å². The summed E-state index contributed by atoms with van der Waals surface area (Å²) in [5.41, 5.74) is 1.47. The molecule has 0 unspecified atom stereocenters. The molecule has 0 fully saturated rings. The second kappa shape index (κ2) is 5.45. The molecule has 0 aliphatic rings. The van der Waals surface area contributed by atoms with Gasteiger partial charge in [-0.1, -0.05) is 72.8 Å². The fourth-order valence-corrected chi connectivity index (χ4v) is 2.51. The normalized spacial score (nSPS) is 14.1. The van der Waals surface area contributed by atoms with Crippen LogP contribution < -0.4 is 0 Å². The summed E-state index contributed by atoms with van der Waals surface area (Å²) in [7, 11) is 0. The molecule has 0 saturated heterocycles. The Morgan fingerprint density at radius 3 is 2.05 bits per heavy atom. The van der Waals surface area contributed by atoms with E-state index < -0.39 is 12.2 Å². The van der Waals surface area contributed by atoms with Gasteiger partial charge < -0.3 is 10.2 Å². The molecular weight excluding hydrogens is 248 g/mol. The van der Waals surface area contributed by atoms with Gasteiger partial charge in [0.15, 0.2) is 0 Å². The van der Waals surface area contributed by atoms with Gasteiger partial charge in [0, 0.05) is 0 Å². The highest BCUT2D eigenvalue weighted by atomic mass is 16.3. The Bertz CT molecular complexity index is 701. The van der Waals surface area contributed by atoms with Crippen LogP contribution in [0, 0.1) is 0 Å². The van der Waals surface area contributed by atoms with Crippen LogP contribution in [0.5, 0.6) is 0 Å². The predicted octanol–water partition coefficient (Wildman–Crippen LogP) is 3.61. The SMILES string of the molecule is O[C@@H](c1ccccc1)[C@@H](O)c1cccc2ccccc12. The van der Waals surface area contributed by atoms with Crippen LogP contribution in [-0.4, -0.2) is 10.2 Å². The number of fused-ring (bicyclic) bond motifs is 1. The number of aliphatic hydroxyl groups is 2. The fraction of sp³-hybridized carbons (Fsp3) is 0.111. The lowest BCUT2D eigenvalue weighted by Gasteiger charge is -2.20. The zero-order chi connectivity index (χ0) is 13.9. The number of rotatable bonds is 3. The topological polar surface area (TPSA) is 40.5 Å². The largest absolute Gasteiger partial charge is 0.385 e. The molecule has 2 nitrogen and oxygen atoms in total. The molecular formula is C18H16O2. The number of aliphatic hydroxyl groups excluding tert-OH is 2. The monoisotopic (exact) mass is 264 g/mol. The maximum absolute atomic E-state index is 10.5. The van der Waals surface area contributed by atoms with Gasteiger partial charge in [-0.15, -0.1) is 0 Å². The summed E-state index contributed by atoms with van der Waals surface area (Å²) in [6.45, 7) is 0. The van der Waals surface area contributed by atoms with Crippen molar-refractivity contribution < 1.29 is 10.2 Å². The number of benzene rings is 3. The van der Waals surface area contributed by atoms with Gasteiger partial charge in [0.05, 0.1) is 0 Å². The van der Waals surface area contributed by atoms with E-state index in [0.29, 0.717) is 5.56 Å². The quantitative estimate of drug-likeness (QED) is 0.758. The first-order valence-corrected chi connectivity index (χ1v) is 6.66. The zero-order valence-electron chi connectivity index (χ0n) is 11.0. The molecule has 0 saturated carbocycles. The van der Waals surface area contributed by atoms with Gasteiger partial charge >= 0.3 is 0 Å². The number of hydrogen-bond acceptors (Lipinski definition) is 2. The Kier molecular flexibility index (Phi) is 3.50. The van der Waals surface area contributed by atoms with E-state index in [-0.39, 0.29) is 0 Å². The minimum absolute atomic E-state index is 0.716. The summed E-state index contributed by atoms with van der Waals surface area (Å²) in [5.74, 6) is 0. The van der Waals surface area contributed by atoms with E-state index in [1.54, 1.807) is 0 Å². The molecule has 2 atom stereocenters. The van der Waals surface area contributed by atoms with Crippen LogP contribution in [-0.2, 0) is 0 Å². The minimum atomic E-state index is -0.941. The van der Waals surface area contributed by atoms with E-state index in [2.05, 4.69) is 0 Å². The molecule has 3 aromatic rings.